The zero-order valence-electron chi connectivity index (χ0n) is 11.4. The fraction of sp³-hybridized carbons (Fsp3) is 0.600. The smallest absolute Gasteiger partial charge is 0.307 e. The maximum atomic E-state index is 13.6. The van der Waals surface area contributed by atoms with E-state index in [9.17, 15) is 17.6 Å². The molecular weight excluding hydrogens is 270 g/mol. The quantitative estimate of drug-likeness (QED) is 0.802. The molecule has 1 aromatic carbocycles. The zero-order chi connectivity index (χ0) is 14.8. The highest BCUT2D eigenvalue weighted by Crippen LogP contribution is 2.37. The van der Waals surface area contributed by atoms with Crippen LogP contribution in [0.4, 0.5) is 17.6 Å². The van der Waals surface area contributed by atoms with Gasteiger partial charge in [-0.15, -0.1) is 0 Å². The van der Waals surface area contributed by atoms with Crippen LogP contribution in [0, 0.1) is 11.7 Å². The molecule has 1 aliphatic carbocycles. The van der Waals surface area contributed by atoms with Crippen LogP contribution in [0.3, 0.4) is 0 Å². The van der Waals surface area contributed by atoms with E-state index in [1.165, 1.54) is 6.07 Å². The normalized spacial score (nSPS) is 25.4. The van der Waals surface area contributed by atoms with Crippen molar-refractivity contribution in [1.82, 2.24) is 5.32 Å². The first-order chi connectivity index (χ1) is 9.38. The summed E-state index contributed by atoms with van der Waals surface area (Å²) in [5, 5.41) is 3.24. The molecule has 0 aliphatic heterocycles. The lowest BCUT2D eigenvalue weighted by atomic mass is 9.85. The van der Waals surface area contributed by atoms with Crippen LogP contribution in [-0.2, 0) is 0 Å². The number of hydrogen-bond acceptors (Lipinski definition) is 1. The molecule has 1 aromatic rings. The van der Waals surface area contributed by atoms with E-state index < -0.39 is 12.1 Å². The van der Waals surface area contributed by atoms with Crippen molar-refractivity contribution in [2.24, 2.45) is 5.92 Å². The van der Waals surface area contributed by atoms with Gasteiger partial charge in [-0.25, -0.2) is 4.39 Å². The highest BCUT2D eigenvalue weighted by molar-refractivity contribution is 5.20. The summed E-state index contributed by atoms with van der Waals surface area (Å²) in [6.45, 7) is 1.84. The van der Waals surface area contributed by atoms with Gasteiger partial charge >= 0.3 is 6.18 Å². The van der Waals surface area contributed by atoms with Gasteiger partial charge in [-0.1, -0.05) is 18.2 Å². The largest absolute Gasteiger partial charge is 0.391 e. The fourth-order valence-corrected chi connectivity index (χ4v) is 2.86. The molecule has 5 heteroatoms. The Balaban J connectivity index is 1.88. The molecule has 1 N–H and O–H groups in total. The summed E-state index contributed by atoms with van der Waals surface area (Å²) < 4.78 is 51.4. The average Bonchev–Trinajstić information content (AvgIpc) is 2.38. The summed E-state index contributed by atoms with van der Waals surface area (Å²) in [5.41, 5.74) is 0.561. The second-order valence-electron chi connectivity index (χ2n) is 5.50. The Labute approximate surface area is 116 Å². The number of rotatable bonds is 3. The molecule has 20 heavy (non-hydrogen) atoms. The molecule has 0 bridgehead atoms. The van der Waals surface area contributed by atoms with Gasteiger partial charge in [-0.05, 0) is 38.7 Å². The number of nitrogens with one attached hydrogen (secondary N) is 1. The van der Waals surface area contributed by atoms with Crippen molar-refractivity contribution in [3.05, 3.63) is 35.6 Å². The van der Waals surface area contributed by atoms with Gasteiger partial charge in [0.25, 0.3) is 0 Å². The van der Waals surface area contributed by atoms with Gasteiger partial charge in [0, 0.05) is 17.6 Å². The fourth-order valence-electron chi connectivity index (χ4n) is 2.86. The molecular formula is C15H19F4N. The third-order valence-electron chi connectivity index (χ3n) is 4.05. The third-order valence-corrected chi connectivity index (χ3v) is 4.05. The highest BCUT2D eigenvalue weighted by atomic mass is 19.4. The molecule has 1 aliphatic rings. The third kappa shape index (κ3) is 3.72. The lowest BCUT2D eigenvalue weighted by Gasteiger charge is -2.32. The van der Waals surface area contributed by atoms with Gasteiger partial charge in [0.1, 0.15) is 5.82 Å². The molecule has 0 radical (unpaired) electrons. The van der Waals surface area contributed by atoms with E-state index >= 15 is 0 Å². The van der Waals surface area contributed by atoms with Crippen molar-refractivity contribution in [2.75, 3.05) is 0 Å². The van der Waals surface area contributed by atoms with Crippen molar-refractivity contribution in [2.45, 2.75) is 50.9 Å². The van der Waals surface area contributed by atoms with Crippen LogP contribution in [0.15, 0.2) is 24.3 Å². The summed E-state index contributed by atoms with van der Waals surface area (Å²) in [6, 6.07) is 6.33. The van der Waals surface area contributed by atoms with Crippen molar-refractivity contribution in [3.8, 4) is 0 Å². The molecule has 0 heterocycles. The van der Waals surface area contributed by atoms with Crippen molar-refractivity contribution >= 4 is 0 Å². The van der Waals surface area contributed by atoms with Crippen LogP contribution >= 0.6 is 0 Å². The van der Waals surface area contributed by atoms with E-state index in [4.69, 9.17) is 0 Å². The number of alkyl halides is 3. The van der Waals surface area contributed by atoms with Crippen LogP contribution in [0.25, 0.3) is 0 Å². The van der Waals surface area contributed by atoms with Crippen LogP contribution in [-0.4, -0.2) is 12.2 Å². The van der Waals surface area contributed by atoms with E-state index in [1.54, 1.807) is 18.2 Å². The van der Waals surface area contributed by atoms with Crippen molar-refractivity contribution in [1.29, 1.82) is 0 Å². The van der Waals surface area contributed by atoms with Crippen molar-refractivity contribution in [3.63, 3.8) is 0 Å². The topological polar surface area (TPSA) is 12.0 Å². The minimum absolute atomic E-state index is 0.0307. The summed E-state index contributed by atoms with van der Waals surface area (Å²) in [5.74, 6) is -1.46. The van der Waals surface area contributed by atoms with Crippen LogP contribution in [0.5, 0.6) is 0 Å². The lowest BCUT2D eigenvalue weighted by molar-refractivity contribution is -0.182. The number of hydrogen-bond donors (Lipinski definition) is 1. The molecule has 0 aromatic heterocycles. The van der Waals surface area contributed by atoms with E-state index in [-0.39, 0.29) is 30.7 Å². The Morgan fingerprint density at radius 3 is 2.25 bits per heavy atom. The van der Waals surface area contributed by atoms with E-state index in [2.05, 4.69) is 5.32 Å². The summed E-state index contributed by atoms with van der Waals surface area (Å²) in [7, 11) is 0. The maximum Gasteiger partial charge on any atom is 0.391 e. The second-order valence-corrected chi connectivity index (χ2v) is 5.50. The Morgan fingerprint density at radius 1 is 1.10 bits per heavy atom. The van der Waals surface area contributed by atoms with Gasteiger partial charge < -0.3 is 5.32 Å². The standard InChI is InChI=1S/C15H19F4N/c1-10(13-4-2-3-5-14(13)16)20-12-8-6-11(7-9-12)15(17,18)19/h2-5,10-12,20H,6-9H2,1H3/t10-,11?,12?/m1/s1. The van der Waals surface area contributed by atoms with E-state index in [0.29, 0.717) is 18.4 Å². The summed E-state index contributed by atoms with van der Waals surface area (Å²) in [6.07, 6.45) is -2.79. The lowest BCUT2D eigenvalue weighted by Crippen LogP contribution is -2.38. The first-order valence-corrected chi connectivity index (χ1v) is 6.95. The molecule has 0 spiro atoms. The zero-order valence-corrected chi connectivity index (χ0v) is 11.4. The second kappa shape index (κ2) is 6.12. The molecule has 1 nitrogen and oxygen atoms in total. The molecule has 1 atom stereocenters. The predicted molar refractivity (Wildman–Crippen MR) is 69.8 cm³/mol. The number of halogens is 4. The Hall–Kier alpha value is -1.10. The Kier molecular flexibility index (Phi) is 4.68. The first-order valence-electron chi connectivity index (χ1n) is 6.95. The first kappa shape index (κ1) is 15.3. The average molecular weight is 289 g/mol. The van der Waals surface area contributed by atoms with Crippen LogP contribution < -0.4 is 5.32 Å². The van der Waals surface area contributed by atoms with Gasteiger partial charge in [-0.3, -0.25) is 0 Å². The minimum Gasteiger partial charge on any atom is -0.307 e. The van der Waals surface area contributed by atoms with Crippen molar-refractivity contribution < 1.29 is 17.6 Å². The molecule has 0 unspecified atom stereocenters. The summed E-state index contributed by atoms with van der Waals surface area (Å²) >= 11 is 0. The monoisotopic (exact) mass is 289 g/mol. The maximum absolute atomic E-state index is 13.6. The van der Waals surface area contributed by atoms with Crippen LogP contribution in [0.1, 0.15) is 44.2 Å². The minimum atomic E-state index is -4.08. The SMILES string of the molecule is C[C@@H](NC1CCC(C(F)(F)F)CC1)c1ccccc1F. The number of benzene rings is 1. The van der Waals surface area contributed by atoms with Gasteiger partial charge in [0.15, 0.2) is 0 Å². The predicted octanol–water partition coefficient (Wildman–Crippen LogP) is 4.60. The molecule has 1 saturated carbocycles. The molecule has 2 rings (SSSR count). The Morgan fingerprint density at radius 2 is 1.70 bits per heavy atom. The molecule has 1 fully saturated rings. The van der Waals surface area contributed by atoms with E-state index in [0.717, 1.165) is 0 Å². The summed E-state index contributed by atoms with van der Waals surface area (Å²) in [4.78, 5) is 0. The molecule has 0 saturated heterocycles. The van der Waals surface area contributed by atoms with Gasteiger partial charge in [0.05, 0.1) is 5.92 Å². The van der Waals surface area contributed by atoms with Gasteiger partial charge in [-0.2, -0.15) is 13.2 Å². The van der Waals surface area contributed by atoms with E-state index in [1.807, 2.05) is 6.92 Å². The Bertz CT molecular complexity index is 436. The van der Waals surface area contributed by atoms with Gasteiger partial charge in [0.2, 0.25) is 0 Å². The molecule has 0 amide bonds. The van der Waals surface area contributed by atoms with Crippen LogP contribution in [0.2, 0.25) is 0 Å². The molecule has 112 valence electrons. The highest BCUT2D eigenvalue weighted by Gasteiger charge is 2.41.